The average molecular weight is 374 g/mol. The van der Waals surface area contributed by atoms with E-state index in [1.165, 1.54) is 42.5 Å². The van der Waals surface area contributed by atoms with Gasteiger partial charge in [0.25, 0.3) is 5.91 Å². The lowest BCUT2D eigenvalue weighted by molar-refractivity contribution is -0.137. The predicted octanol–water partition coefficient (Wildman–Crippen LogP) is 4.43. The van der Waals surface area contributed by atoms with E-state index < -0.39 is 17.6 Å². The highest BCUT2D eigenvalue weighted by molar-refractivity contribution is 5.97. The summed E-state index contributed by atoms with van der Waals surface area (Å²) in [6, 6.07) is 13.8. The van der Waals surface area contributed by atoms with E-state index in [1.807, 2.05) is 0 Å². The van der Waals surface area contributed by atoms with Gasteiger partial charge in [-0.3, -0.25) is 4.79 Å². The quantitative estimate of drug-likeness (QED) is 0.524. The van der Waals surface area contributed by atoms with Gasteiger partial charge in [0.05, 0.1) is 17.3 Å². The van der Waals surface area contributed by atoms with Crippen LogP contribution < -0.4 is 5.43 Å². The molecule has 8 heteroatoms. The molecule has 1 heterocycles. The van der Waals surface area contributed by atoms with Gasteiger partial charge in [0.1, 0.15) is 17.3 Å². The summed E-state index contributed by atoms with van der Waals surface area (Å²) in [6.07, 6.45) is -3.36. The van der Waals surface area contributed by atoms with Gasteiger partial charge in [-0.1, -0.05) is 30.3 Å². The first-order chi connectivity index (χ1) is 12.9. The van der Waals surface area contributed by atoms with Crippen LogP contribution in [0.25, 0.3) is 11.3 Å². The number of carbonyl (C=O) groups excluding carboxylic acids is 1. The third kappa shape index (κ3) is 4.17. The summed E-state index contributed by atoms with van der Waals surface area (Å²) in [5, 5.41) is 13.3. The molecule has 0 radical (unpaired) electrons. The van der Waals surface area contributed by atoms with Gasteiger partial charge in [0.15, 0.2) is 0 Å². The first-order valence-electron chi connectivity index (χ1n) is 7.74. The van der Waals surface area contributed by atoms with Crippen LogP contribution in [0, 0.1) is 0 Å². The molecule has 1 aromatic heterocycles. The molecular weight excluding hydrogens is 361 g/mol. The number of amides is 1. The Morgan fingerprint density at radius 3 is 2.48 bits per heavy atom. The normalized spacial score (nSPS) is 11.7. The zero-order chi connectivity index (χ0) is 19.4. The lowest BCUT2D eigenvalue weighted by Crippen LogP contribution is -2.17. The van der Waals surface area contributed by atoms with Crippen molar-refractivity contribution < 1.29 is 27.5 Å². The zero-order valence-corrected chi connectivity index (χ0v) is 13.7. The number of hydrazone groups is 1. The number of hydrogen-bond donors (Lipinski definition) is 2. The summed E-state index contributed by atoms with van der Waals surface area (Å²) in [5.74, 6) is -0.663. The number of rotatable bonds is 4. The summed E-state index contributed by atoms with van der Waals surface area (Å²) >= 11 is 0. The molecule has 0 atom stereocenters. The van der Waals surface area contributed by atoms with Crippen molar-refractivity contribution in [3.8, 4) is 17.1 Å². The van der Waals surface area contributed by atoms with Crippen molar-refractivity contribution in [1.29, 1.82) is 0 Å². The number of benzene rings is 2. The molecule has 1 amide bonds. The fraction of sp³-hybridized carbons (Fsp3) is 0.0526. The number of nitrogens with zero attached hydrogens (tertiary/aromatic N) is 1. The highest BCUT2D eigenvalue weighted by Gasteiger charge is 2.34. The molecule has 0 bridgehead atoms. The van der Waals surface area contributed by atoms with E-state index in [0.29, 0.717) is 0 Å². The van der Waals surface area contributed by atoms with Gasteiger partial charge in [0, 0.05) is 5.56 Å². The fourth-order valence-corrected chi connectivity index (χ4v) is 2.39. The van der Waals surface area contributed by atoms with Gasteiger partial charge in [-0.15, -0.1) is 0 Å². The summed E-state index contributed by atoms with van der Waals surface area (Å²) in [7, 11) is 0. The lowest BCUT2D eigenvalue weighted by Gasteiger charge is -2.10. The summed E-state index contributed by atoms with van der Waals surface area (Å²) in [5.41, 5.74) is 1.34. The van der Waals surface area contributed by atoms with Crippen molar-refractivity contribution in [3.63, 3.8) is 0 Å². The molecular formula is C19H13F3N2O3. The Kier molecular flexibility index (Phi) is 4.98. The number of para-hydroxylation sites is 1. The lowest BCUT2D eigenvalue weighted by atomic mass is 10.1. The predicted molar refractivity (Wildman–Crippen MR) is 92.3 cm³/mol. The number of alkyl halides is 3. The van der Waals surface area contributed by atoms with Crippen LogP contribution in [0.2, 0.25) is 0 Å². The van der Waals surface area contributed by atoms with Gasteiger partial charge < -0.3 is 9.52 Å². The van der Waals surface area contributed by atoms with Gasteiger partial charge in [-0.25, -0.2) is 5.43 Å². The molecule has 2 aromatic carbocycles. The molecule has 0 unspecified atom stereocenters. The molecule has 0 saturated heterocycles. The van der Waals surface area contributed by atoms with E-state index in [4.69, 9.17) is 4.42 Å². The molecule has 138 valence electrons. The van der Waals surface area contributed by atoms with Gasteiger partial charge in [-0.05, 0) is 30.3 Å². The first kappa shape index (κ1) is 18.2. The average Bonchev–Trinajstić information content (AvgIpc) is 3.10. The third-order valence-electron chi connectivity index (χ3n) is 3.63. The van der Waals surface area contributed by atoms with Gasteiger partial charge in [0.2, 0.25) is 0 Å². The second-order valence-corrected chi connectivity index (χ2v) is 5.46. The number of phenols is 1. The second kappa shape index (κ2) is 7.36. The number of aromatic hydroxyl groups is 1. The Morgan fingerprint density at radius 2 is 1.74 bits per heavy atom. The molecule has 3 aromatic rings. The minimum Gasteiger partial charge on any atom is -0.507 e. The molecule has 27 heavy (non-hydrogen) atoms. The number of halogens is 3. The van der Waals surface area contributed by atoms with Crippen LogP contribution in [-0.2, 0) is 6.18 Å². The molecule has 0 saturated carbocycles. The highest BCUT2D eigenvalue weighted by atomic mass is 19.4. The number of nitrogens with one attached hydrogen (secondary N) is 1. The maximum absolute atomic E-state index is 13.1. The molecule has 0 fully saturated rings. The van der Waals surface area contributed by atoms with Crippen LogP contribution in [0.4, 0.5) is 13.2 Å². The number of hydrogen-bond acceptors (Lipinski definition) is 4. The maximum atomic E-state index is 13.1. The Bertz CT molecular complexity index is 994. The van der Waals surface area contributed by atoms with Crippen LogP contribution in [-0.4, -0.2) is 17.2 Å². The maximum Gasteiger partial charge on any atom is 0.417 e. The first-order valence-corrected chi connectivity index (χ1v) is 7.74. The summed E-state index contributed by atoms with van der Waals surface area (Å²) in [4.78, 5) is 11.9. The monoisotopic (exact) mass is 374 g/mol. The molecule has 0 aliphatic heterocycles. The van der Waals surface area contributed by atoms with Crippen LogP contribution in [0.1, 0.15) is 21.7 Å². The number of phenolic OH excluding ortho intramolecular Hbond substituents is 1. The summed E-state index contributed by atoms with van der Waals surface area (Å²) in [6.45, 7) is 0. The fourth-order valence-electron chi connectivity index (χ4n) is 2.39. The van der Waals surface area contributed by atoms with Crippen molar-refractivity contribution in [3.05, 3.63) is 77.6 Å². The van der Waals surface area contributed by atoms with Crippen molar-refractivity contribution >= 4 is 12.1 Å². The second-order valence-electron chi connectivity index (χ2n) is 5.46. The van der Waals surface area contributed by atoms with Crippen LogP contribution in [0.5, 0.6) is 5.75 Å². The Hall–Kier alpha value is -3.55. The Labute approximate surface area is 151 Å². The van der Waals surface area contributed by atoms with Gasteiger partial charge >= 0.3 is 6.18 Å². The Morgan fingerprint density at radius 1 is 1.04 bits per heavy atom. The van der Waals surface area contributed by atoms with Crippen molar-refractivity contribution in [1.82, 2.24) is 5.43 Å². The molecule has 0 spiro atoms. The molecule has 3 rings (SSSR count). The van der Waals surface area contributed by atoms with E-state index in [0.717, 1.165) is 12.3 Å². The van der Waals surface area contributed by atoms with Crippen LogP contribution in [0.3, 0.4) is 0 Å². The smallest absolute Gasteiger partial charge is 0.417 e. The zero-order valence-electron chi connectivity index (χ0n) is 13.7. The SMILES string of the molecule is O=C(N/N=C/c1ccc(-c2ccccc2C(F)(F)F)o1)c1ccccc1O. The van der Waals surface area contributed by atoms with Crippen molar-refractivity contribution in [2.45, 2.75) is 6.18 Å². The summed E-state index contributed by atoms with van der Waals surface area (Å²) < 4.78 is 44.6. The van der Waals surface area contributed by atoms with E-state index in [2.05, 4.69) is 10.5 Å². The van der Waals surface area contributed by atoms with Crippen LogP contribution >= 0.6 is 0 Å². The third-order valence-corrected chi connectivity index (χ3v) is 3.63. The molecule has 5 nitrogen and oxygen atoms in total. The Balaban J connectivity index is 1.75. The molecule has 0 aliphatic rings. The minimum absolute atomic E-state index is 0.0244. The largest absolute Gasteiger partial charge is 0.507 e. The standard InChI is InChI=1S/C19H13F3N2O3/c20-19(21,22)15-7-3-1-5-13(15)17-10-9-12(27-17)11-23-24-18(26)14-6-2-4-8-16(14)25/h1-11,25H,(H,24,26)/b23-11+. The minimum atomic E-state index is -4.51. The van der Waals surface area contributed by atoms with E-state index in [9.17, 15) is 23.1 Å². The van der Waals surface area contributed by atoms with Crippen molar-refractivity contribution in [2.75, 3.05) is 0 Å². The number of furan rings is 1. The highest BCUT2D eigenvalue weighted by Crippen LogP contribution is 2.37. The topological polar surface area (TPSA) is 74.8 Å². The van der Waals surface area contributed by atoms with Crippen LogP contribution in [0.15, 0.2) is 70.2 Å². The number of carbonyl (C=O) groups is 1. The van der Waals surface area contributed by atoms with Crippen molar-refractivity contribution in [2.24, 2.45) is 5.10 Å². The molecule has 2 N–H and O–H groups in total. The van der Waals surface area contributed by atoms with Gasteiger partial charge in [-0.2, -0.15) is 18.3 Å². The van der Waals surface area contributed by atoms with E-state index >= 15 is 0 Å². The van der Waals surface area contributed by atoms with E-state index in [1.54, 1.807) is 12.1 Å². The van der Waals surface area contributed by atoms with E-state index in [-0.39, 0.29) is 28.4 Å². The molecule has 0 aliphatic carbocycles.